The molecule has 0 bridgehead atoms. The van der Waals surface area contributed by atoms with E-state index in [4.69, 9.17) is 4.42 Å². The quantitative estimate of drug-likeness (QED) is 0.159. The van der Waals surface area contributed by atoms with E-state index < -0.39 is 5.41 Å². The van der Waals surface area contributed by atoms with Gasteiger partial charge in [0.05, 0.1) is 16.8 Å². The third kappa shape index (κ3) is 5.70. The van der Waals surface area contributed by atoms with Crippen molar-refractivity contribution in [2.45, 2.75) is 5.41 Å². The Bertz CT molecular complexity index is 4050. The molecule has 68 heavy (non-hydrogen) atoms. The summed E-state index contributed by atoms with van der Waals surface area (Å²) in [5.41, 5.74) is 16.5. The van der Waals surface area contributed by atoms with Gasteiger partial charge in [0.2, 0.25) is 0 Å². The second kappa shape index (κ2) is 15.3. The maximum Gasteiger partial charge on any atom is 0.143 e. The second-order valence-corrected chi connectivity index (χ2v) is 18.9. The van der Waals surface area contributed by atoms with Crippen LogP contribution in [0.1, 0.15) is 22.3 Å². The minimum absolute atomic E-state index is 0.550. The van der Waals surface area contributed by atoms with Gasteiger partial charge in [0, 0.05) is 53.3 Å². The van der Waals surface area contributed by atoms with Crippen LogP contribution in [0.15, 0.2) is 253 Å². The molecule has 0 radical (unpaired) electrons. The number of furan rings is 1. The summed E-state index contributed by atoms with van der Waals surface area (Å²) in [4.78, 5) is 2.50. The highest BCUT2D eigenvalue weighted by atomic mass is 32.1. The fraction of sp³-hybridized carbons (Fsp3) is 0.0154. The molecule has 0 saturated carbocycles. The van der Waals surface area contributed by atoms with Crippen molar-refractivity contribution in [1.82, 2.24) is 0 Å². The summed E-state index contributed by atoms with van der Waals surface area (Å²) in [6.45, 7) is 0. The summed E-state index contributed by atoms with van der Waals surface area (Å²) < 4.78 is 9.56. The summed E-state index contributed by atoms with van der Waals surface area (Å²) in [6.07, 6.45) is 0. The summed E-state index contributed by atoms with van der Waals surface area (Å²) in [5.74, 6) is 0. The zero-order valence-electron chi connectivity index (χ0n) is 36.9. The second-order valence-electron chi connectivity index (χ2n) is 17.9. The predicted molar refractivity (Wildman–Crippen MR) is 287 cm³/mol. The van der Waals surface area contributed by atoms with Gasteiger partial charge in [-0.3, -0.25) is 0 Å². The fourth-order valence-electron chi connectivity index (χ4n) is 11.4. The zero-order valence-corrected chi connectivity index (χ0v) is 37.8. The van der Waals surface area contributed by atoms with Crippen LogP contribution in [-0.4, -0.2) is 0 Å². The molecule has 2 aromatic heterocycles. The standard InChI is InChI=1S/C65H41NOS/c1-3-20-45(21-4-1)65(46-22-5-2-6-23-46)56-31-12-9-26-54(56)62-57(65)32-17-34-59(62)66(47-38-36-42(37-39-47)48-27-15-30-53-50-25-11-14-35-61(50)68-64(48)53)58-33-13-10-24-49(58)51-28-16-29-52-55-40-43-18-7-8-19-44(43)41-60(55)67-63(51)52/h1-41H. The van der Waals surface area contributed by atoms with Gasteiger partial charge in [-0.05, 0) is 92.2 Å². The highest BCUT2D eigenvalue weighted by molar-refractivity contribution is 7.26. The maximum atomic E-state index is 6.94. The highest BCUT2D eigenvalue weighted by Crippen LogP contribution is 2.60. The number of para-hydroxylation sites is 2. The Morgan fingerprint density at radius 1 is 0.382 bits per heavy atom. The van der Waals surface area contributed by atoms with Gasteiger partial charge in [-0.15, -0.1) is 11.3 Å². The summed E-state index contributed by atoms with van der Waals surface area (Å²) in [6, 6.07) is 91.3. The minimum Gasteiger partial charge on any atom is -0.455 e. The molecule has 0 amide bonds. The zero-order chi connectivity index (χ0) is 44.8. The molecule has 1 aliphatic rings. The number of anilines is 3. The van der Waals surface area contributed by atoms with Crippen molar-refractivity contribution in [3.63, 3.8) is 0 Å². The first-order chi connectivity index (χ1) is 33.7. The Morgan fingerprint density at radius 3 is 1.75 bits per heavy atom. The van der Waals surface area contributed by atoms with E-state index in [1.807, 2.05) is 11.3 Å². The molecular weight excluding hydrogens is 843 g/mol. The van der Waals surface area contributed by atoms with E-state index in [2.05, 4.69) is 254 Å². The number of rotatable bonds is 7. The molecular formula is C65H41NOS. The van der Waals surface area contributed by atoms with Gasteiger partial charge in [-0.25, -0.2) is 0 Å². The molecule has 1 aliphatic carbocycles. The number of thiophene rings is 1. The summed E-state index contributed by atoms with van der Waals surface area (Å²) in [7, 11) is 0. The lowest BCUT2D eigenvalue weighted by Gasteiger charge is -2.34. The molecule has 13 aromatic rings. The van der Waals surface area contributed by atoms with E-state index in [1.165, 1.54) is 75.5 Å². The molecule has 11 aromatic carbocycles. The van der Waals surface area contributed by atoms with Crippen LogP contribution >= 0.6 is 11.3 Å². The molecule has 0 atom stereocenters. The first-order valence-corrected chi connectivity index (χ1v) is 24.1. The molecule has 0 unspecified atom stereocenters. The topological polar surface area (TPSA) is 16.4 Å². The van der Waals surface area contributed by atoms with Crippen molar-refractivity contribution in [3.8, 4) is 33.4 Å². The molecule has 3 heteroatoms. The van der Waals surface area contributed by atoms with Gasteiger partial charge in [0.25, 0.3) is 0 Å². The molecule has 0 N–H and O–H groups in total. The van der Waals surface area contributed by atoms with Crippen molar-refractivity contribution >= 4 is 81.3 Å². The average Bonchev–Trinajstić information content (AvgIpc) is 4.07. The van der Waals surface area contributed by atoms with Crippen molar-refractivity contribution in [1.29, 1.82) is 0 Å². The SMILES string of the molecule is c1ccc(C2(c3ccccc3)c3ccccc3-c3c(N(c4ccc(-c5cccc6c5sc5ccccc56)cc4)c4ccccc4-c4cccc5c4oc4cc6ccccc6cc45)cccc32)cc1. The van der Waals surface area contributed by atoms with Crippen LogP contribution in [0.5, 0.6) is 0 Å². The van der Waals surface area contributed by atoms with Gasteiger partial charge in [-0.1, -0.05) is 206 Å². The van der Waals surface area contributed by atoms with Crippen LogP contribution in [0.3, 0.4) is 0 Å². The summed E-state index contributed by atoms with van der Waals surface area (Å²) in [5, 5.41) is 7.20. The van der Waals surface area contributed by atoms with Crippen LogP contribution in [0, 0.1) is 0 Å². The van der Waals surface area contributed by atoms with E-state index in [-0.39, 0.29) is 0 Å². The first-order valence-electron chi connectivity index (χ1n) is 23.3. The maximum absolute atomic E-state index is 6.94. The molecule has 318 valence electrons. The van der Waals surface area contributed by atoms with E-state index >= 15 is 0 Å². The molecule has 0 aliphatic heterocycles. The Balaban J connectivity index is 1.03. The molecule has 14 rings (SSSR count). The number of benzene rings is 11. The number of hydrogen-bond donors (Lipinski definition) is 0. The Morgan fingerprint density at radius 2 is 0.956 bits per heavy atom. The Kier molecular flexibility index (Phi) is 8.71. The lowest BCUT2D eigenvalue weighted by molar-refractivity contribution is 0.670. The Hall–Kier alpha value is -8.50. The molecule has 0 fully saturated rings. The lowest BCUT2D eigenvalue weighted by Crippen LogP contribution is -2.28. The van der Waals surface area contributed by atoms with Crippen LogP contribution in [-0.2, 0) is 5.41 Å². The van der Waals surface area contributed by atoms with Crippen molar-refractivity contribution < 1.29 is 4.42 Å². The fourth-order valence-corrected chi connectivity index (χ4v) is 12.7. The van der Waals surface area contributed by atoms with Gasteiger partial charge in [0.15, 0.2) is 0 Å². The van der Waals surface area contributed by atoms with Crippen LogP contribution < -0.4 is 4.90 Å². The monoisotopic (exact) mass is 883 g/mol. The van der Waals surface area contributed by atoms with Gasteiger partial charge >= 0.3 is 0 Å². The summed E-state index contributed by atoms with van der Waals surface area (Å²) >= 11 is 1.87. The van der Waals surface area contributed by atoms with Crippen molar-refractivity contribution in [2.24, 2.45) is 0 Å². The van der Waals surface area contributed by atoms with E-state index in [0.717, 1.165) is 50.1 Å². The molecule has 0 saturated heterocycles. The number of hydrogen-bond acceptors (Lipinski definition) is 3. The molecule has 0 spiro atoms. The van der Waals surface area contributed by atoms with Gasteiger partial charge in [-0.2, -0.15) is 0 Å². The van der Waals surface area contributed by atoms with Crippen LogP contribution in [0.25, 0.3) is 86.3 Å². The van der Waals surface area contributed by atoms with Gasteiger partial charge < -0.3 is 9.32 Å². The normalized spacial score (nSPS) is 12.8. The van der Waals surface area contributed by atoms with Crippen molar-refractivity contribution in [2.75, 3.05) is 4.90 Å². The van der Waals surface area contributed by atoms with E-state index in [1.54, 1.807) is 0 Å². The van der Waals surface area contributed by atoms with Crippen LogP contribution in [0.4, 0.5) is 17.1 Å². The number of nitrogens with zero attached hydrogens (tertiary/aromatic N) is 1. The smallest absolute Gasteiger partial charge is 0.143 e. The lowest BCUT2D eigenvalue weighted by atomic mass is 9.68. The van der Waals surface area contributed by atoms with E-state index in [9.17, 15) is 0 Å². The Labute approximate surface area is 398 Å². The number of fused-ring (bicyclic) bond motifs is 10. The average molecular weight is 884 g/mol. The highest BCUT2D eigenvalue weighted by Gasteiger charge is 2.47. The predicted octanol–water partition coefficient (Wildman–Crippen LogP) is 18.3. The molecule has 2 heterocycles. The first kappa shape index (κ1) is 38.7. The third-order valence-electron chi connectivity index (χ3n) is 14.3. The van der Waals surface area contributed by atoms with E-state index in [0.29, 0.717) is 0 Å². The minimum atomic E-state index is -0.550. The van der Waals surface area contributed by atoms with Gasteiger partial charge in [0.1, 0.15) is 11.2 Å². The molecule has 2 nitrogen and oxygen atoms in total. The largest absolute Gasteiger partial charge is 0.455 e. The van der Waals surface area contributed by atoms with Crippen LogP contribution in [0.2, 0.25) is 0 Å². The van der Waals surface area contributed by atoms with Crippen molar-refractivity contribution in [3.05, 3.63) is 271 Å². The third-order valence-corrected chi connectivity index (χ3v) is 15.6.